The first-order valence-corrected chi connectivity index (χ1v) is 8.16. The van der Waals surface area contributed by atoms with Crippen LogP contribution in [0.1, 0.15) is 5.56 Å². The van der Waals surface area contributed by atoms with Crippen molar-refractivity contribution in [3.05, 3.63) is 42.0 Å². The van der Waals surface area contributed by atoms with Crippen molar-refractivity contribution in [1.29, 1.82) is 0 Å². The molecule has 0 bridgehead atoms. The molecule has 2 rings (SSSR count). The van der Waals surface area contributed by atoms with Crippen LogP contribution in [0, 0.1) is 6.92 Å². The third kappa shape index (κ3) is 3.40. The van der Waals surface area contributed by atoms with Crippen LogP contribution in [-0.2, 0) is 17.0 Å². The standard InChI is InChI=1S/C10H9.2ClH.Ti/c1-8-6-9-4-2-3-5-10(9)7-8;;;/h2-7H,1H3;2*1H;/q-1;;;+2/p-2. The molecule has 0 aliphatic rings. The molecule has 0 saturated heterocycles. The van der Waals surface area contributed by atoms with Crippen molar-refractivity contribution in [3.8, 4) is 0 Å². The van der Waals surface area contributed by atoms with Crippen molar-refractivity contribution in [2.24, 2.45) is 0 Å². The maximum atomic E-state index is 4.89. The van der Waals surface area contributed by atoms with E-state index in [1.165, 1.54) is 16.3 Å². The van der Waals surface area contributed by atoms with Crippen LogP contribution in [0.15, 0.2) is 36.4 Å². The zero-order valence-corrected chi connectivity index (χ0v) is 10.3. The van der Waals surface area contributed by atoms with Gasteiger partial charge in [-0.15, -0.1) is 40.6 Å². The fourth-order valence-electron chi connectivity index (χ4n) is 1.31. The van der Waals surface area contributed by atoms with Gasteiger partial charge in [0.1, 0.15) is 0 Å². The van der Waals surface area contributed by atoms with Crippen molar-refractivity contribution < 1.29 is 17.0 Å². The Morgan fingerprint density at radius 1 is 1.23 bits per heavy atom. The third-order valence-electron chi connectivity index (χ3n) is 1.76. The summed E-state index contributed by atoms with van der Waals surface area (Å²) < 4.78 is 0. The molecule has 0 aromatic heterocycles. The van der Waals surface area contributed by atoms with Crippen molar-refractivity contribution in [2.45, 2.75) is 6.92 Å². The Bertz CT molecular complexity index is 335. The quantitative estimate of drug-likeness (QED) is 0.483. The number of aryl methyl sites for hydroxylation is 1. The summed E-state index contributed by atoms with van der Waals surface area (Å²) in [5, 5.41) is 2.69. The van der Waals surface area contributed by atoms with E-state index < -0.39 is 17.0 Å². The summed E-state index contributed by atoms with van der Waals surface area (Å²) in [7, 11) is 9.78. The van der Waals surface area contributed by atoms with Crippen LogP contribution in [0.25, 0.3) is 10.8 Å². The molecule has 0 unspecified atom stereocenters. The summed E-state index contributed by atoms with van der Waals surface area (Å²) in [5.74, 6) is 0. The second-order valence-corrected chi connectivity index (χ2v) is 5.31. The average Bonchev–Trinajstić information content (AvgIpc) is 2.45. The number of benzene rings is 1. The summed E-state index contributed by atoms with van der Waals surface area (Å²) >= 11 is -0.556. The van der Waals surface area contributed by atoms with Crippen molar-refractivity contribution >= 4 is 29.4 Å². The van der Waals surface area contributed by atoms with Gasteiger partial charge >= 0.3 is 35.6 Å². The van der Waals surface area contributed by atoms with Gasteiger partial charge in [0.15, 0.2) is 0 Å². The van der Waals surface area contributed by atoms with Crippen molar-refractivity contribution in [2.75, 3.05) is 0 Å². The Labute approximate surface area is 94.9 Å². The number of hydrogen-bond acceptors (Lipinski definition) is 0. The number of hydrogen-bond donors (Lipinski definition) is 0. The Balaban J connectivity index is 0.000000251. The Morgan fingerprint density at radius 2 is 1.85 bits per heavy atom. The van der Waals surface area contributed by atoms with Gasteiger partial charge in [0.05, 0.1) is 0 Å². The molecular formula is C10H9Cl2Ti-. The van der Waals surface area contributed by atoms with Gasteiger partial charge in [-0.25, -0.2) is 0 Å². The van der Waals surface area contributed by atoms with E-state index in [-0.39, 0.29) is 0 Å². The molecule has 0 fully saturated rings. The van der Waals surface area contributed by atoms with E-state index in [9.17, 15) is 0 Å². The van der Waals surface area contributed by atoms with Crippen molar-refractivity contribution in [3.63, 3.8) is 0 Å². The zero-order chi connectivity index (χ0) is 9.68. The van der Waals surface area contributed by atoms with E-state index in [1.54, 1.807) is 0 Å². The number of rotatable bonds is 0. The second-order valence-electron chi connectivity index (χ2n) is 2.73. The van der Waals surface area contributed by atoms with Crippen LogP contribution in [0.5, 0.6) is 0 Å². The number of halogens is 2. The minimum absolute atomic E-state index is 0.556. The third-order valence-corrected chi connectivity index (χ3v) is 1.76. The van der Waals surface area contributed by atoms with Gasteiger partial charge in [-0.2, -0.15) is 6.07 Å². The zero-order valence-electron chi connectivity index (χ0n) is 7.22. The van der Waals surface area contributed by atoms with Gasteiger partial charge in [-0.05, 0) is 0 Å². The van der Waals surface area contributed by atoms with Gasteiger partial charge < -0.3 is 0 Å². The SMILES string of the molecule is Cc1cc2ccccc2[cH-]1.[Cl][Ti][Cl]. The van der Waals surface area contributed by atoms with E-state index >= 15 is 0 Å². The van der Waals surface area contributed by atoms with E-state index in [2.05, 4.69) is 43.3 Å². The van der Waals surface area contributed by atoms with E-state index in [1.807, 2.05) is 0 Å². The van der Waals surface area contributed by atoms with E-state index in [0.717, 1.165) is 0 Å². The summed E-state index contributed by atoms with van der Waals surface area (Å²) in [4.78, 5) is 0. The molecule has 0 saturated carbocycles. The topological polar surface area (TPSA) is 0 Å². The first kappa shape index (κ1) is 11.2. The van der Waals surface area contributed by atoms with E-state index in [4.69, 9.17) is 18.6 Å². The van der Waals surface area contributed by atoms with Crippen LogP contribution in [-0.4, -0.2) is 0 Å². The molecule has 0 N–H and O–H groups in total. The molecule has 0 heterocycles. The van der Waals surface area contributed by atoms with E-state index in [0.29, 0.717) is 0 Å². The van der Waals surface area contributed by atoms with Gasteiger partial charge in [0.2, 0.25) is 0 Å². The minimum atomic E-state index is -0.556. The predicted octanol–water partition coefficient (Wildman–Crippen LogP) is 4.24. The number of fused-ring (bicyclic) bond motifs is 1. The molecule has 0 nitrogen and oxygen atoms in total. The molecular weight excluding hydrogens is 239 g/mol. The fourth-order valence-corrected chi connectivity index (χ4v) is 1.31. The molecule has 0 aliphatic heterocycles. The molecule has 0 aliphatic carbocycles. The van der Waals surface area contributed by atoms with Crippen molar-refractivity contribution in [1.82, 2.24) is 0 Å². The monoisotopic (exact) mass is 247 g/mol. The molecule has 2 aromatic carbocycles. The summed E-state index contributed by atoms with van der Waals surface area (Å²) in [5.41, 5.74) is 1.35. The van der Waals surface area contributed by atoms with Crippen LogP contribution in [0.3, 0.4) is 0 Å². The summed E-state index contributed by atoms with van der Waals surface area (Å²) in [6, 6.07) is 12.8. The van der Waals surface area contributed by atoms with Gasteiger partial charge in [-0.1, -0.05) is 13.0 Å². The predicted molar refractivity (Wildman–Crippen MR) is 56.0 cm³/mol. The Kier molecular flexibility index (Phi) is 4.97. The van der Waals surface area contributed by atoms with Crippen LogP contribution in [0.2, 0.25) is 0 Å². The van der Waals surface area contributed by atoms with Gasteiger partial charge in [0, 0.05) is 0 Å². The molecule has 68 valence electrons. The normalized spacial score (nSPS) is 9.15. The van der Waals surface area contributed by atoms with Crippen LogP contribution in [0.4, 0.5) is 0 Å². The average molecular weight is 248 g/mol. The fraction of sp³-hybridized carbons (Fsp3) is 0.100. The Hall–Kier alpha value is 0.124. The second kappa shape index (κ2) is 5.77. The molecule has 0 radical (unpaired) electrons. The van der Waals surface area contributed by atoms with Gasteiger partial charge in [-0.3, -0.25) is 0 Å². The van der Waals surface area contributed by atoms with Crippen LogP contribution < -0.4 is 0 Å². The Morgan fingerprint density at radius 3 is 2.46 bits per heavy atom. The van der Waals surface area contributed by atoms with Crippen LogP contribution >= 0.6 is 18.6 Å². The maximum absolute atomic E-state index is 4.89. The molecule has 0 amide bonds. The molecule has 0 atom stereocenters. The van der Waals surface area contributed by atoms with Gasteiger partial charge in [0.25, 0.3) is 0 Å². The molecule has 2 aromatic rings. The summed E-state index contributed by atoms with van der Waals surface area (Å²) in [6.45, 7) is 2.12. The molecule has 0 spiro atoms. The summed E-state index contributed by atoms with van der Waals surface area (Å²) in [6.07, 6.45) is 0. The first-order chi connectivity index (χ1) is 6.27. The molecule has 13 heavy (non-hydrogen) atoms. The first-order valence-electron chi connectivity index (χ1n) is 3.86. The molecule has 3 heteroatoms.